The zero-order valence-corrected chi connectivity index (χ0v) is 20.7. The minimum Gasteiger partial charge on any atom is -0.486 e. The maximum absolute atomic E-state index is 12.5. The van der Waals surface area contributed by atoms with E-state index < -0.39 is 11.9 Å². The molecule has 0 bridgehead atoms. The van der Waals surface area contributed by atoms with Crippen molar-refractivity contribution in [3.05, 3.63) is 96.9 Å². The van der Waals surface area contributed by atoms with Crippen molar-refractivity contribution in [2.24, 2.45) is 0 Å². The monoisotopic (exact) mass is 588 g/mol. The summed E-state index contributed by atoms with van der Waals surface area (Å²) < 4.78 is 7.19. The topological polar surface area (TPSA) is 99.4 Å². The Morgan fingerprint density at radius 3 is 2.33 bits per heavy atom. The molecule has 0 atom stereocenters. The molecule has 0 spiro atoms. The quantitative estimate of drug-likeness (QED) is 0.236. The lowest BCUT2D eigenvalue weighted by atomic mass is 10.1. The van der Waals surface area contributed by atoms with E-state index >= 15 is 0 Å². The van der Waals surface area contributed by atoms with Crippen LogP contribution in [0.3, 0.4) is 0 Å². The molecule has 2 N–H and O–H groups in total. The lowest BCUT2D eigenvalue weighted by Gasteiger charge is -2.12. The molecule has 6 nitrogen and oxygen atoms in total. The van der Waals surface area contributed by atoms with Gasteiger partial charge in [0.1, 0.15) is 18.2 Å². The molecular weight excluding hydrogens is 576 g/mol. The second-order valence-corrected chi connectivity index (χ2v) is 8.91. The Morgan fingerprint density at radius 1 is 1.09 bits per heavy atom. The molecule has 3 aromatic carbocycles. The first-order valence-electron chi connectivity index (χ1n) is 9.39. The Kier molecular flexibility index (Phi) is 8.28. The van der Waals surface area contributed by atoms with E-state index in [0.717, 1.165) is 10.0 Å². The normalized spacial score (nSPS) is 10.9. The highest BCUT2D eigenvalue weighted by Crippen LogP contribution is 2.35. The van der Waals surface area contributed by atoms with Gasteiger partial charge < -0.3 is 15.2 Å². The third kappa shape index (κ3) is 6.68. The van der Waals surface area contributed by atoms with E-state index in [2.05, 4.69) is 37.2 Å². The summed E-state index contributed by atoms with van der Waals surface area (Å²) in [4.78, 5) is 23.4. The minimum absolute atomic E-state index is 0.0897. The number of anilines is 1. The number of hydrogen-bond acceptors (Lipinski definition) is 4. The zero-order chi connectivity index (χ0) is 24.0. The molecule has 0 aliphatic rings. The van der Waals surface area contributed by atoms with E-state index in [0.29, 0.717) is 21.5 Å². The van der Waals surface area contributed by atoms with Crippen molar-refractivity contribution in [1.82, 2.24) is 0 Å². The van der Waals surface area contributed by atoms with Gasteiger partial charge in [-0.2, -0.15) is 5.26 Å². The number of benzene rings is 3. The van der Waals surface area contributed by atoms with E-state index in [-0.39, 0.29) is 22.8 Å². The van der Waals surface area contributed by atoms with Gasteiger partial charge in [0.2, 0.25) is 0 Å². The Labute approximate surface area is 211 Å². The molecule has 9 heteroatoms. The van der Waals surface area contributed by atoms with E-state index in [1.165, 1.54) is 18.2 Å². The Hall–Kier alpha value is -3.12. The van der Waals surface area contributed by atoms with Crippen molar-refractivity contribution in [2.45, 2.75) is 6.61 Å². The summed E-state index contributed by atoms with van der Waals surface area (Å²) in [5, 5.41) is 21.4. The number of nitrogens with zero attached hydrogens (tertiary/aromatic N) is 1. The standard InChI is InChI=1S/C24H15Br2ClN2O4/c25-18-5-7-19(8-6-18)29-23(30)17(12-28)9-15-10-20(26)22(21(27)11-15)33-13-14-1-3-16(4-2-14)24(31)32/h1-11H,13H2,(H,29,30)(H,31,32)/b17-9-. The SMILES string of the molecule is N#C/C(=C/c1cc(Cl)c(OCc2ccc(C(=O)O)cc2)c(Br)c1)C(=O)Nc1ccc(Br)cc1. The highest BCUT2D eigenvalue weighted by Gasteiger charge is 2.13. The molecule has 0 fully saturated rings. The second-order valence-electron chi connectivity index (χ2n) is 6.74. The van der Waals surface area contributed by atoms with Crippen LogP contribution in [0.5, 0.6) is 5.75 Å². The number of aromatic carboxylic acids is 1. The lowest BCUT2D eigenvalue weighted by Crippen LogP contribution is -2.13. The van der Waals surface area contributed by atoms with Crippen LogP contribution in [0.2, 0.25) is 5.02 Å². The number of amides is 1. The molecule has 0 heterocycles. The molecule has 0 unspecified atom stereocenters. The van der Waals surface area contributed by atoms with Gasteiger partial charge in [0.15, 0.2) is 5.75 Å². The first kappa shape index (κ1) is 24.5. The maximum Gasteiger partial charge on any atom is 0.335 e. The number of hydrogen-bond donors (Lipinski definition) is 2. The first-order valence-corrected chi connectivity index (χ1v) is 11.4. The summed E-state index contributed by atoms with van der Waals surface area (Å²) in [5.41, 5.74) is 1.96. The van der Waals surface area contributed by atoms with Crippen molar-refractivity contribution in [2.75, 3.05) is 5.32 Å². The van der Waals surface area contributed by atoms with Crippen LogP contribution in [0.1, 0.15) is 21.5 Å². The number of nitriles is 1. The van der Waals surface area contributed by atoms with Gasteiger partial charge in [0, 0.05) is 10.2 Å². The molecule has 166 valence electrons. The van der Waals surface area contributed by atoms with Gasteiger partial charge in [-0.1, -0.05) is 39.7 Å². The van der Waals surface area contributed by atoms with Crippen molar-refractivity contribution >= 4 is 67.1 Å². The summed E-state index contributed by atoms with van der Waals surface area (Å²) in [7, 11) is 0. The molecule has 0 radical (unpaired) electrons. The summed E-state index contributed by atoms with van der Waals surface area (Å²) in [6.45, 7) is 0.173. The van der Waals surface area contributed by atoms with Gasteiger partial charge in [-0.05, 0) is 81.7 Å². The molecule has 3 rings (SSSR count). The number of halogens is 3. The van der Waals surface area contributed by atoms with Gasteiger partial charge >= 0.3 is 5.97 Å². The molecule has 0 aromatic heterocycles. The number of ether oxygens (including phenoxy) is 1. The smallest absolute Gasteiger partial charge is 0.335 e. The highest BCUT2D eigenvalue weighted by atomic mass is 79.9. The fourth-order valence-corrected chi connectivity index (χ4v) is 4.00. The highest BCUT2D eigenvalue weighted by molar-refractivity contribution is 9.10. The van der Waals surface area contributed by atoms with Crippen LogP contribution in [0.15, 0.2) is 75.2 Å². The van der Waals surface area contributed by atoms with Crippen LogP contribution in [0.25, 0.3) is 6.08 Å². The second kappa shape index (κ2) is 11.1. The fourth-order valence-electron chi connectivity index (χ4n) is 2.75. The predicted octanol–water partition coefficient (Wildman–Crippen LogP) is 6.69. The van der Waals surface area contributed by atoms with Crippen molar-refractivity contribution in [3.63, 3.8) is 0 Å². The first-order chi connectivity index (χ1) is 15.8. The van der Waals surface area contributed by atoms with Crippen LogP contribution in [-0.2, 0) is 11.4 Å². The summed E-state index contributed by atoms with van der Waals surface area (Å²) in [6, 6.07) is 18.5. The Balaban J connectivity index is 1.74. The summed E-state index contributed by atoms with van der Waals surface area (Å²) in [6.07, 6.45) is 1.43. The van der Waals surface area contributed by atoms with Crippen LogP contribution < -0.4 is 10.1 Å². The number of rotatable bonds is 7. The van der Waals surface area contributed by atoms with Crippen molar-refractivity contribution < 1.29 is 19.4 Å². The molecule has 1 amide bonds. The molecule has 3 aromatic rings. The largest absolute Gasteiger partial charge is 0.486 e. The zero-order valence-electron chi connectivity index (χ0n) is 16.8. The summed E-state index contributed by atoms with van der Waals surface area (Å²) >= 11 is 13.1. The third-order valence-electron chi connectivity index (χ3n) is 4.38. The molecule has 33 heavy (non-hydrogen) atoms. The molecule has 0 aliphatic heterocycles. The van der Waals surface area contributed by atoms with Crippen molar-refractivity contribution in [3.8, 4) is 11.8 Å². The van der Waals surface area contributed by atoms with Gasteiger partial charge in [-0.15, -0.1) is 0 Å². The van der Waals surface area contributed by atoms with Gasteiger partial charge in [-0.3, -0.25) is 4.79 Å². The van der Waals surface area contributed by atoms with Crippen LogP contribution in [-0.4, -0.2) is 17.0 Å². The number of carboxylic acid groups (broad SMARTS) is 1. The molecular formula is C24H15Br2ClN2O4. The van der Waals surface area contributed by atoms with Crippen LogP contribution in [0, 0.1) is 11.3 Å². The summed E-state index contributed by atoms with van der Waals surface area (Å²) in [5.74, 6) is -1.16. The van der Waals surface area contributed by atoms with Crippen LogP contribution >= 0.6 is 43.5 Å². The predicted molar refractivity (Wildman–Crippen MR) is 133 cm³/mol. The van der Waals surface area contributed by atoms with E-state index in [9.17, 15) is 14.9 Å². The number of carbonyl (C=O) groups is 2. The van der Waals surface area contributed by atoms with Crippen LogP contribution in [0.4, 0.5) is 5.69 Å². The number of carboxylic acids is 1. The molecule has 0 saturated heterocycles. The molecule has 0 aliphatic carbocycles. The van der Waals surface area contributed by atoms with Gasteiger partial charge in [0.25, 0.3) is 5.91 Å². The van der Waals surface area contributed by atoms with E-state index in [4.69, 9.17) is 21.4 Å². The average Bonchev–Trinajstić information content (AvgIpc) is 2.78. The van der Waals surface area contributed by atoms with Crippen molar-refractivity contribution in [1.29, 1.82) is 5.26 Å². The fraction of sp³-hybridized carbons (Fsp3) is 0.0417. The maximum atomic E-state index is 12.5. The Bertz CT molecular complexity index is 1240. The third-order valence-corrected chi connectivity index (χ3v) is 5.78. The number of carbonyl (C=O) groups excluding carboxylic acids is 1. The Morgan fingerprint density at radius 2 is 1.76 bits per heavy atom. The molecule has 0 saturated carbocycles. The number of nitrogens with one attached hydrogen (secondary N) is 1. The van der Waals surface area contributed by atoms with E-state index in [1.807, 2.05) is 6.07 Å². The lowest BCUT2D eigenvalue weighted by molar-refractivity contribution is -0.112. The minimum atomic E-state index is -1.00. The van der Waals surface area contributed by atoms with E-state index in [1.54, 1.807) is 48.5 Å². The van der Waals surface area contributed by atoms with Gasteiger partial charge in [0.05, 0.1) is 15.1 Å². The van der Waals surface area contributed by atoms with Gasteiger partial charge in [-0.25, -0.2) is 4.79 Å². The average molecular weight is 591 g/mol.